The summed E-state index contributed by atoms with van der Waals surface area (Å²) in [6.07, 6.45) is -20.0. The Morgan fingerprint density at radius 2 is 0.903 bits per heavy atom. The van der Waals surface area contributed by atoms with Gasteiger partial charge in [-0.05, 0) is 105 Å². The summed E-state index contributed by atoms with van der Waals surface area (Å²) in [5.41, 5.74) is 15.1. The predicted octanol–water partition coefficient (Wildman–Crippen LogP) is 14.3. The average Bonchev–Trinajstić information content (AvgIpc) is 1.38. The summed E-state index contributed by atoms with van der Waals surface area (Å²) in [4.78, 5) is 92.5. The van der Waals surface area contributed by atoms with Gasteiger partial charge in [0.05, 0.1) is 90.2 Å². The van der Waals surface area contributed by atoms with E-state index < -0.39 is 142 Å². The lowest BCUT2D eigenvalue weighted by Gasteiger charge is -2.52. The molecule has 2 amide bonds. The normalized spacial score (nSPS) is 23.2. The second-order valence-corrected chi connectivity index (χ2v) is 36.1. The van der Waals surface area contributed by atoms with Gasteiger partial charge in [0.15, 0.2) is 31.1 Å². The fraction of sp³-hybridized carbons (Fsp3) is 0.381. The number of Topliss-reactive ketones (excluding diaryl/α,β-unsaturated/α-hetero) is 1. The quantitative estimate of drug-likeness (QED) is 0.00501. The number of benzene rings is 9. The third-order valence-corrected chi connectivity index (χ3v) is 27.3. The van der Waals surface area contributed by atoms with Crippen molar-refractivity contribution in [2.45, 2.75) is 196 Å². The Balaban J connectivity index is 1.02. The first kappa shape index (κ1) is 90.8. The number of unbranched alkanes of at least 4 members (excludes halogenated alkanes) is 2. The minimum absolute atomic E-state index is 0.0131. The van der Waals surface area contributed by atoms with Gasteiger partial charge < -0.3 is 80.3 Å². The fourth-order valence-electron chi connectivity index (χ4n) is 16.1. The van der Waals surface area contributed by atoms with Crippen molar-refractivity contribution in [1.29, 1.82) is 0 Å². The number of hydrogen-bond donors (Lipinski definition) is 0. The molecule has 0 radical (unpaired) electrons. The number of azide groups is 1. The van der Waals surface area contributed by atoms with Crippen LogP contribution >= 0.6 is 0 Å². The van der Waals surface area contributed by atoms with E-state index in [1.807, 2.05) is 194 Å². The SMILES string of the molecule is COC(=O)CCCCCO[C@@H]1O[C@H](COCc2ccc(OC)cc2)[C@@H](O[C@@H]2O[C@H](CO[Si](c3ccccc3)(c3ccccc3)C(C)(C)C)[C@H](OC(=O)CCC(C)=O)[C@H](O[C@H]3O[C@H](COCc4ccccc4)[C@H](OCc4ccccc4)[C@H](OCc4ccccc4)[C@H]3N=[N+]=[N-])[C@H]2OC(=O)c2ccccc2)[C@H](OCc2ccccc2)[C@H]1N1C(=O)c2ccccc2C1=O. The second-order valence-electron chi connectivity index (χ2n) is 31.8. The largest absolute Gasteiger partial charge is 0.497 e. The molecule has 27 heteroatoms. The molecule has 0 bridgehead atoms. The maximum atomic E-state index is 15.9. The monoisotopic (exact) mass is 1710 g/mol. The molecule has 0 N–H and O–H groups in total. The van der Waals surface area contributed by atoms with E-state index in [2.05, 4.69) is 30.8 Å². The number of imide groups is 1. The van der Waals surface area contributed by atoms with Gasteiger partial charge in [0.25, 0.3) is 20.1 Å². The molecule has 4 aliphatic heterocycles. The van der Waals surface area contributed by atoms with Crippen LogP contribution in [-0.2, 0) is 118 Å². The summed E-state index contributed by atoms with van der Waals surface area (Å²) in [7, 11) is -0.854. The van der Waals surface area contributed by atoms with Crippen LogP contribution in [0.25, 0.3) is 10.4 Å². The Morgan fingerprint density at radius 3 is 1.42 bits per heavy atom. The molecular formula is C97H106N4O22Si. The molecule has 3 fully saturated rings. The van der Waals surface area contributed by atoms with Crippen molar-refractivity contribution < 1.29 is 104 Å². The Kier molecular flexibility index (Phi) is 32.6. The van der Waals surface area contributed by atoms with Crippen molar-refractivity contribution in [2.75, 3.05) is 40.6 Å². The van der Waals surface area contributed by atoms with Gasteiger partial charge in [0.1, 0.15) is 72.4 Å². The van der Waals surface area contributed by atoms with Crippen LogP contribution in [0.2, 0.25) is 5.04 Å². The van der Waals surface area contributed by atoms with Gasteiger partial charge in [0, 0.05) is 24.4 Å². The molecular weight excluding hydrogens is 1600 g/mol. The lowest BCUT2D eigenvalue weighted by atomic mass is 9.93. The lowest BCUT2D eigenvalue weighted by Crippen LogP contribution is -2.71. The molecule has 0 saturated carbocycles. The van der Waals surface area contributed by atoms with Crippen molar-refractivity contribution in [2.24, 2.45) is 5.11 Å². The van der Waals surface area contributed by atoms with E-state index in [0.717, 1.165) is 37.5 Å². The van der Waals surface area contributed by atoms with Crippen LogP contribution in [0.4, 0.5) is 0 Å². The molecule has 4 aliphatic rings. The highest BCUT2D eigenvalue weighted by molar-refractivity contribution is 6.99. The Morgan fingerprint density at radius 1 is 0.444 bits per heavy atom. The molecule has 15 atom stereocenters. The average molecular weight is 1710 g/mol. The van der Waals surface area contributed by atoms with E-state index in [1.54, 1.807) is 61.7 Å². The van der Waals surface area contributed by atoms with Crippen LogP contribution in [0.15, 0.2) is 266 Å². The summed E-state index contributed by atoms with van der Waals surface area (Å²) in [5, 5.41) is 5.49. The van der Waals surface area contributed by atoms with Gasteiger partial charge in [-0.25, -0.2) is 4.79 Å². The number of amides is 2. The van der Waals surface area contributed by atoms with Gasteiger partial charge in [-0.2, -0.15) is 0 Å². The Hall–Kier alpha value is -11.0. The summed E-state index contributed by atoms with van der Waals surface area (Å²) >= 11 is 0. The molecule has 9 aromatic carbocycles. The van der Waals surface area contributed by atoms with Crippen LogP contribution in [0.3, 0.4) is 0 Å². The number of hydrogen-bond acceptors (Lipinski definition) is 23. The van der Waals surface area contributed by atoms with Crippen molar-refractivity contribution in [3.8, 4) is 5.75 Å². The van der Waals surface area contributed by atoms with Crippen LogP contribution in [0.1, 0.15) is 125 Å². The van der Waals surface area contributed by atoms with Crippen molar-refractivity contribution in [1.82, 2.24) is 4.90 Å². The van der Waals surface area contributed by atoms with Crippen LogP contribution in [0, 0.1) is 0 Å². The number of fused-ring (bicyclic) bond motifs is 1. The van der Waals surface area contributed by atoms with E-state index in [-0.39, 0.29) is 94.1 Å². The minimum atomic E-state index is -3.74. The zero-order valence-corrected chi connectivity index (χ0v) is 71.4. The standard InChI is InChI=1S/C97H106N4O22Si/c1-65(102)50-55-81(104)120-86-79(64-116-124(97(2,3)4,73-43-25-12-26-44-73)74-45-27-13-28-46-74)119-96(90(121-93(107)71-41-23-11-24-42-71)89(86)123-94-82(99-100-98)87(114-60-68-37-19-9-20-38-68)84(113-59-67-35-17-8-18-36-67)77(117-94)62-110-57-66-33-15-7-16-34-66)122-85-78(63-111-58-70-51-53-72(108-5)54-52-70)118-95(112-56-32-14-29-49-80(103)109-6)83(88(85)115-61-69-39-21-10-22-40-69)101-91(105)75-47-30-31-48-76(75)92(101)106/h7-13,15-28,30-31,33-48,51-54,77-79,82-90,94-96H,14,29,32,49-50,55-64H2,1-6H3/t77-,78-,79-,82-,83-,84+,85-,86+,87-,88-,89+,90-,94-,95-,96+/m1/s1. The maximum Gasteiger partial charge on any atom is 0.338 e. The van der Waals surface area contributed by atoms with Gasteiger partial charge in [-0.15, -0.1) is 0 Å². The van der Waals surface area contributed by atoms with E-state index in [0.29, 0.717) is 30.6 Å². The number of carbonyl (C=O) groups excluding carboxylic acids is 6. The molecule has 0 unspecified atom stereocenters. The lowest BCUT2D eigenvalue weighted by molar-refractivity contribution is -0.373. The summed E-state index contributed by atoms with van der Waals surface area (Å²) < 4.78 is 112. The molecule has 13 rings (SSSR count). The number of rotatable bonds is 42. The smallest absolute Gasteiger partial charge is 0.338 e. The Bertz CT molecular complexity index is 4870. The molecule has 0 aromatic heterocycles. The molecule has 4 heterocycles. The van der Waals surface area contributed by atoms with E-state index in [1.165, 1.54) is 26.2 Å². The molecule has 9 aromatic rings. The van der Waals surface area contributed by atoms with Crippen LogP contribution < -0.4 is 15.1 Å². The predicted molar refractivity (Wildman–Crippen MR) is 459 cm³/mol. The highest BCUT2D eigenvalue weighted by Crippen LogP contribution is 2.44. The highest BCUT2D eigenvalue weighted by Gasteiger charge is 2.62. The van der Waals surface area contributed by atoms with E-state index in [9.17, 15) is 15.1 Å². The number of ketones is 1. The van der Waals surface area contributed by atoms with E-state index >= 15 is 19.2 Å². The van der Waals surface area contributed by atoms with E-state index in [4.69, 9.17) is 75.5 Å². The fourth-order valence-corrected chi connectivity index (χ4v) is 20.7. The topological polar surface area (TPSA) is 302 Å². The molecule has 650 valence electrons. The number of ether oxygens (including phenoxy) is 15. The zero-order valence-electron chi connectivity index (χ0n) is 70.4. The number of methoxy groups -OCH3 is 2. The summed E-state index contributed by atoms with van der Waals surface area (Å²) in [5.74, 6) is -3.42. The number of esters is 3. The van der Waals surface area contributed by atoms with Crippen LogP contribution in [-0.4, -0.2) is 181 Å². The highest BCUT2D eigenvalue weighted by atomic mass is 28.4. The van der Waals surface area contributed by atoms with Crippen molar-refractivity contribution in [3.05, 3.63) is 316 Å². The first-order chi connectivity index (χ1) is 60.4. The van der Waals surface area contributed by atoms with Crippen molar-refractivity contribution >= 4 is 54.2 Å². The molecule has 26 nitrogen and oxygen atoms in total. The number of nitrogens with zero attached hydrogens (tertiary/aromatic N) is 4. The molecule has 124 heavy (non-hydrogen) atoms. The van der Waals surface area contributed by atoms with Crippen LogP contribution in [0.5, 0.6) is 5.75 Å². The third-order valence-electron chi connectivity index (χ3n) is 22.3. The number of carbonyl (C=O) groups is 6. The molecule has 0 aliphatic carbocycles. The second kappa shape index (κ2) is 44.6. The summed E-state index contributed by atoms with van der Waals surface area (Å²) in [6, 6.07) is 75.7. The van der Waals surface area contributed by atoms with Gasteiger partial charge in [-0.1, -0.05) is 257 Å². The molecule has 0 spiro atoms. The van der Waals surface area contributed by atoms with Gasteiger partial charge in [0.2, 0.25) is 0 Å². The first-order valence-corrected chi connectivity index (χ1v) is 43.8. The molecule has 3 saturated heterocycles. The van der Waals surface area contributed by atoms with Gasteiger partial charge in [-0.3, -0.25) is 24.1 Å². The zero-order chi connectivity index (χ0) is 86.8. The third kappa shape index (κ3) is 23.1. The summed E-state index contributed by atoms with van der Waals surface area (Å²) in [6.45, 7) is 6.41. The Labute approximate surface area is 723 Å². The maximum absolute atomic E-state index is 15.9. The van der Waals surface area contributed by atoms with Crippen molar-refractivity contribution in [3.63, 3.8) is 0 Å². The minimum Gasteiger partial charge on any atom is -0.497 e. The first-order valence-electron chi connectivity index (χ1n) is 41.9. The van der Waals surface area contributed by atoms with Gasteiger partial charge >= 0.3 is 17.9 Å².